The first kappa shape index (κ1) is 56.9. The highest BCUT2D eigenvalue weighted by atomic mass is 16.8. The highest BCUT2D eigenvalue weighted by molar-refractivity contribution is 5.87. The minimum absolute atomic E-state index is 0.0923. The summed E-state index contributed by atoms with van der Waals surface area (Å²) in [6, 6.07) is 9.45. The molecule has 1 aromatic carbocycles. The molecule has 7 fully saturated rings. The molecule has 4 heterocycles. The number of fused-ring (bicyclic) bond motifs is 5. The standard InChI is InChI=1S/C57H84O18/c1-30(58)38-20-23-57(63)55(38,7)44(72-45(60)17-16-35-14-12-11-13-15-35)29-43-54(6)21-19-37(24-36(54)18-22-56(43,57)62)71-47-27-41(65-9)52(33(4)69-47)74-46-25-39(59)51(32(3)68-46)73-49-28-42(66-10)53(34(5)70-49)75-48-26-40(64-8)50(61)31(2)67-48/h11-18,31-34,37-44,46-53,59,61-63H,19-29H2,1-10H3/b17-16+/t31-,32-,33-,34-,37+,38+,39+,40+,41+,42+,43-,44-,46+,47+,48+,49+,50-,51-,52-,53-,54+,55+,56+,57-/m1/s1. The number of ether oxygens (including phenoxy) is 12. The molecule has 1 aromatic rings. The molecule has 18 heteroatoms. The number of carbonyl (C=O) groups is 2. The Bertz CT molecular complexity index is 2180. The Hall–Kier alpha value is -2.76. The number of hydrogen-bond acceptors (Lipinski definition) is 18. The number of esters is 1. The van der Waals surface area contributed by atoms with Crippen molar-refractivity contribution in [3.05, 3.63) is 53.6 Å². The molecule has 0 spiro atoms. The van der Waals surface area contributed by atoms with Crippen molar-refractivity contribution in [1.82, 2.24) is 0 Å². The SMILES string of the molecule is CO[C@H]1C[C@H](O[C@H]2[C@@H](OC)C[C@H](O[C@H]3[C@@H](O)C[C@H](O[C@H]4[C@@H](OC)C[C@H](O[C@H]5CC[C@@]6(C)C(=CC[C@]7(O)[C@@H]6C[C@@H](OC(=O)/C=C/c6ccccc6)[C@]6(C)[C@H](C(C)=O)CC[C@@]67O)C5)O[C@@H]4C)O[C@@H]3C)O[C@@H]2C)O[C@H](C)[C@H]1O. The van der Waals surface area contributed by atoms with Crippen LogP contribution in [-0.2, 0) is 66.4 Å². The number of aliphatic hydroxyl groups excluding tert-OH is 2. The highest BCUT2D eigenvalue weighted by Gasteiger charge is 2.77. The summed E-state index contributed by atoms with van der Waals surface area (Å²) >= 11 is 0. The van der Waals surface area contributed by atoms with Gasteiger partial charge in [0.05, 0.1) is 54.9 Å². The Morgan fingerprint density at radius 3 is 1.81 bits per heavy atom. The van der Waals surface area contributed by atoms with Gasteiger partial charge in [0, 0.05) is 70.3 Å². The Morgan fingerprint density at radius 2 is 1.23 bits per heavy atom. The Kier molecular flexibility index (Phi) is 17.3. The van der Waals surface area contributed by atoms with Gasteiger partial charge in [0.25, 0.3) is 0 Å². The molecule has 8 aliphatic rings. The zero-order valence-corrected chi connectivity index (χ0v) is 45.4. The molecule has 0 amide bonds. The molecule has 420 valence electrons. The van der Waals surface area contributed by atoms with E-state index in [0.717, 1.165) is 11.1 Å². The number of ketones is 1. The third-order valence-electron chi connectivity index (χ3n) is 19.1. The van der Waals surface area contributed by atoms with Crippen LogP contribution in [0.25, 0.3) is 6.08 Å². The highest BCUT2D eigenvalue weighted by Crippen LogP contribution is 2.70. The van der Waals surface area contributed by atoms with Crippen molar-refractivity contribution in [2.45, 2.75) is 241 Å². The van der Waals surface area contributed by atoms with Crippen molar-refractivity contribution in [2.24, 2.45) is 22.7 Å². The third kappa shape index (κ3) is 10.8. The zero-order chi connectivity index (χ0) is 53.8. The van der Waals surface area contributed by atoms with Crippen molar-refractivity contribution < 1.29 is 86.9 Å². The third-order valence-corrected chi connectivity index (χ3v) is 19.1. The molecule has 4 saturated heterocycles. The van der Waals surface area contributed by atoms with Crippen LogP contribution in [0, 0.1) is 22.7 Å². The minimum Gasteiger partial charge on any atom is -0.458 e. The topological polar surface area (TPSA) is 226 Å². The van der Waals surface area contributed by atoms with E-state index in [2.05, 4.69) is 13.0 Å². The molecule has 0 unspecified atom stereocenters. The molecular formula is C57H84O18. The molecule has 4 aliphatic carbocycles. The lowest BCUT2D eigenvalue weighted by molar-refractivity contribution is -0.346. The number of benzene rings is 1. The van der Waals surface area contributed by atoms with Crippen molar-refractivity contribution in [3.63, 3.8) is 0 Å². The minimum atomic E-state index is -1.69. The maximum Gasteiger partial charge on any atom is 0.331 e. The van der Waals surface area contributed by atoms with Crippen molar-refractivity contribution in [1.29, 1.82) is 0 Å². The van der Waals surface area contributed by atoms with Gasteiger partial charge in [-0.25, -0.2) is 4.79 Å². The maximum atomic E-state index is 13.6. The van der Waals surface area contributed by atoms with Crippen LogP contribution in [0.3, 0.4) is 0 Å². The van der Waals surface area contributed by atoms with E-state index in [1.807, 2.05) is 58.0 Å². The zero-order valence-electron chi connectivity index (χ0n) is 45.4. The monoisotopic (exact) mass is 1060 g/mol. The van der Waals surface area contributed by atoms with Gasteiger partial charge >= 0.3 is 5.97 Å². The summed E-state index contributed by atoms with van der Waals surface area (Å²) in [5.74, 6) is -1.71. The van der Waals surface area contributed by atoms with Crippen LogP contribution < -0.4 is 0 Å². The van der Waals surface area contributed by atoms with E-state index >= 15 is 0 Å². The van der Waals surface area contributed by atoms with Gasteiger partial charge in [-0.2, -0.15) is 0 Å². The van der Waals surface area contributed by atoms with E-state index in [9.17, 15) is 30.0 Å². The van der Waals surface area contributed by atoms with Gasteiger partial charge in [-0.05, 0) is 96.6 Å². The molecule has 18 nitrogen and oxygen atoms in total. The normalized spacial score (nSPS) is 48.1. The van der Waals surface area contributed by atoms with Gasteiger partial charge in [-0.3, -0.25) is 4.79 Å². The lowest BCUT2D eigenvalue weighted by Crippen LogP contribution is -2.75. The van der Waals surface area contributed by atoms with E-state index < -0.39 is 144 Å². The van der Waals surface area contributed by atoms with Gasteiger partial charge in [-0.15, -0.1) is 0 Å². The second-order valence-corrected chi connectivity index (χ2v) is 23.3. The first-order valence-electron chi connectivity index (χ1n) is 27.4. The number of carbonyl (C=O) groups excluding carboxylic acids is 2. The fourth-order valence-electron chi connectivity index (χ4n) is 14.8. The molecule has 24 atom stereocenters. The van der Waals surface area contributed by atoms with Crippen LogP contribution in [0.4, 0.5) is 0 Å². The molecular weight excluding hydrogens is 973 g/mol. The van der Waals surface area contributed by atoms with Gasteiger partial charge in [0.15, 0.2) is 25.2 Å². The molecule has 0 radical (unpaired) electrons. The Labute approximate surface area is 441 Å². The van der Waals surface area contributed by atoms with E-state index in [0.29, 0.717) is 44.9 Å². The number of hydrogen-bond donors (Lipinski definition) is 4. The number of rotatable bonds is 15. The summed E-state index contributed by atoms with van der Waals surface area (Å²) in [6.07, 6.45) is -1.09. The molecule has 9 rings (SSSR count). The van der Waals surface area contributed by atoms with E-state index in [1.165, 1.54) is 13.0 Å². The van der Waals surface area contributed by atoms with Gasteiger partial charge in [0.2, 0.25) is 0 Å². The first-order valence-corrected chi connectivity index (χ1v) is 27.4. The van der Waals surface area contributed by atoms with Crippen LogP contribution in [0.1, 0.15) is 125 Å². The molecule has 3 saturated carbocycles. The molecule has 4 N–H and O–H groups in total. The number of aliphatic hydroxyl groups is 4. The summed E-state index contributed by atoms with van der Waals surface area (Å²) < 4.78 is 74.8. The largest absolute Gasteiger partial charge is 0.458 e. The van der Waals surface area contributed by atoms with E-state index in [-0.39, 0.29) is 37.6 Å². The van der Waals surface area contributed by atoms with E-state index in [1.54, 1.807) is 34.3 Å². The summed E-state index contributed by atoms with van der Waals surface area (Å²) in [7, 11) is 4.79. The van der Waals surface area contributed by atoms with Crippen molar-refractivity contribution in [2.75, 3.05) is 21.3 Å². The Balaban J connectivity index is 0.793. The first-order chi connectivity index (χ1) is 35.7. The summed E-state index contributed by atoms with van der Waals surface area (Å²) in [4.78, 5) is 26.8. The molecule has 0 aromatic heterocycles. The lowest BCUT2D eigenvalue weighted by atomic mass is 9.43. The fourth-order valence-corrected chi connectivity index (χ4v) is 14.8. The van der Waals surface area contributed by atoms with Gasteiger partial charge < -0.3 is 77.3 Å². The predicted molar refractivity (Wildman–Crippen MR) is 269 cm³/mol. The van der Waals surface area contributed by atoms with Gasteiger partial charge in [0.1, 0.15) is 47.5 Å². The van der Waals surface area contributed by atoms with Crippen molar-refractivity contribution in [3.8, 4) is 0 Å². The van der Waals surface area contributed by atoms with Crippen LogP contribution in [-0.4, -0.2) is 175 Å². The van der Waals surface area contributed by atoms with Crippen LogP contribution in [0.2, 0.25) is 0 Å². The second kappa shape index (κ2) is 22.8. The molecule has 4 aliphatic heterocycles. The summed E-state index contributed by atoms with van der Waals surface area (Å²) in [6.45, 7) is 12.9. The average molecular weight is 1060 g/mol. The molecule has 0 bridgehead atoms. The van der Waals surface area contributed by atoms with Crippen LogP contribution >= 0.6 is 0 Å². The summed E-state index contributed by atoms with van der Waals surface area (Å²) in [5, 5.41) is 47.9. The lowest BCUT2D eigenvalue weighted by Gasteiger charge is -2.66. The number of Topliss-reactive ketones (excluding diaryl/α,β-unsaturated/α-hetero) is 1. The van der Waals surface area contributed by atoms with E-state index in [4.69, 9.17) is 56.8 Å². The maximum absolute atomic E-state index is 13.6. The van der Waals surface area contributed by atoms with Crippen LogP contribution in [0.5, 0.6) is 0 Å². The summed E-state index contributed by atoms with van der Waals surface area (Å²) in [5.41, 5.74) is -3.05. The fraction of sp³-hybridized carbons (Fsp3) is 0.789. The van der Waals surface area contributed by atoms with Crippen molar-refractivity contribution >= 4 is 17.8 Å². The van der Waals surface area contributed by atoms with Crippen LogP contribution in [0.15, 0.2) is 48.1 Å². The number of methoxy groups -OCH3 is 3. The second-order valence-electron chi connectivity index (χ2n) is 23.3. The Morgan fingerprint density at radius 1 is 0.680 bits per heavy atom. The smallest absolute Gasteiger partial charge is 0.331 e. The predicted octanol–water partition coefficient (Wildman–Crippen LogP) is 5.47. The molecule has 75 heavy (non-hydrogen) atoms. The quantitative estimate of drug-likeness (QED) is 0.0971. The average Bonchev–Trinajstić information content (AvgIpc) is 3.67. The van der Waals surface area contributed by atoms with Gasteiger partial charge in [-0.1, -0.05) is 55.8 Å².